The summed E-state index contributed by atoms with van der Waals surface area (Å²) in [6.07, 6.45) is -2.36. The fourth-order valence-corrected chi connectivity index (χ4v) is 5.36. The highest BCUT2D eigenvalue weighted by Crippen LogP contribution is 2.52. The van der Waals surface area contributed by atoms with Crippen LogP contribution in [0.3, 0.4) is 0 Å². The summed E-state index contributed by atoms with van der Waals surface area (Å²) in [5, 5.41) is 0. The van der Waals surface area contributed by atoms with Crippen molar-refractivity contribution in [1.82, 2.24) is 0 Å². The Kier molecular flexibility index (Phi) is 8.06. The van der Waals surface area contributed by atoms with Gasteiger partial charge in [0, 0.05) is 0 Å². The Balaban J connectivity index is 1.36. The molecule has 36 heavy (non-hydrogen) atoms. The van der Waals surface area contributed by atoms with E-state index in [0.29, 0.717) is 19.8 Å². The Labute approximate surface area is 221 Å². The van der Waals surface area contributed by atoms with Crippen LogP contribution in [-0.2, 0) is 43.6 Å². The smallest absolute Gasteiger partial charge is 0.202 e. The van der Waals surface area contributed by atoms with Gasteiger partial charge in [0.15, 0.2) is 5.78 Å². The van der Waals surface area contributed by atoms with Gasteiger partial charge in [-0.25, -0.2) is 0 Å². The summed E-state index contributed by atoms with van der Waals surface area (Å²) in [6.45, 7) is 1.32. The molecule has 3 aromatic rings. The molecule has 5 nitrogen and oxygen atoms in total. The molecule has 1 saturated carbocycles. The molecule has 1 aliphatic heterocycles. The lowest BCUT2D eigenvalue weighted by Crippen LogP contribution is -2.73. The van der Waals surface area contributed by atoms with Crippen molar-refractivity contribution in [2.45, 2.75) is 48.6 Å². The Morgan fingerprint density at radius 3 is 1.69 bits per heavy atom. The fraction of sp³-hybridized carbons (Fsp3) is 0.345. The molecule has 2 aliphatic rings. The summed E-state index contributed by atoms with van der Waals surface area (Å²) in [5.74, 6) is -0.916. The first kappa shape index (κ1) is 25.4. The van der Waals surface area contributed by atoms with E-state index in [9.17, 15) is 4.79 Å². The molecule has 3 aromatic carbocycles. The van der Waals surface area contributed by atoms with Crippen molar-refractivity contribution in [1.29, 1.82) is 0 Å². The lowest BCUT2D eigenvalue weighted by molar-refractivity contribution is -0.259. The maximum atomic E-state index is 13.0. The van der Waals surface area contributed by atoms with E-state index in [1.807, 2.05) is 91.0 Å². The Hall–Kier alpha value is -2.25. The first-order valence-corrected chi connectivity index (χ1v) is 12.8. The zero-order valence-electron chi connectivity index (χ0n) is 19.7. The second kappa shape index (κ2) is 11.4. The summed E-state index contributed by atoms with van der Waals surface area (Å²) < 4.78 is 23.4. The quantitative estimate of drug-likeness (QED) is 0.326. The summed E-state index contributed by atoms with van der Waals surface area (Å²) in [6, 6.07) is 29.6. The Morgan fingerprint density at radius 1 is 0.694 bits per heavy atom. The number of carbonyl (C=O) groups is 1. The fourth-order valence-electron chi connectivity index (χ4n) is 4.74. The normalized spacial score (nSPS) is 26.7. The van der Waals surface area contributed by atoms with Gasteiger partial charge in [0.05, 0.1) is 38.4 Å². The Bertz CT molecular complexity index is 1130. The number of halogens is 2. The molecule has 0 amide bonds. The molecule has 0 N–H and O–H groups in total. The number of carbonyl (C=O) groups excluding carboxylic acids is 1. The van der Waals surface area contributed by atoms with Crippen LogP contribution in [0.5, 0.6) is 0 Å². The molecule has 0 radical (unpaired) electrons. The number of fused-ring (bicyclic) bond motifs is 1. The summed E-state index contributed by atoms with van der Waals surface area (Å²) in [5.41, 5.74) is 3.05. The monoisotopic (exact) mass is 526 g/mol. The molecule has 1 aliphatic carbocycles. The van der Waals surface area contributed by atoms with E-state index >= 15 is 0 Å². The van der Waals surface area contributed by atoms with Crippen LogP contribution in [0.15, 0.2) is 91.0 Å². The third-order valence-electron chi connectivity index (χ3n) is 6.64. The van der Waals surface area contributed by atoms with Crippen molar-refractivity contribution in [3.63, 3.8) is 0 Å². The second-order valence-electron chi connectivity index (χ2n) is 9.13. The molecule has 7 heteroatoms. The van der Waals surface area contributed by atoms with Gasteiger partial charge in [-0.1, -0.05) is 114 Å². The van der Waals surface area contributed by atoms with Gasteiger partial charge in [-0.3, -0.25) is 4.79 Å². The van der Waals surface area contributed by atoms with Crippen LogP contribution >= 0.6 is 23.2 Å². The minimum atomic E-state index is -1.61. The second-order valence-corrected chi connectivity index (χ2v) is 10.5. The van der Waals surface area contributed by atoms with E-state index in [4.69, 9.17) is 42.1 Å². The number of benzene rings is 3. The van der Waals surface area contributed by atoms with Crippen molar-refractivity contribution in [2.75, 3.05) is 6.61 Å². The maximum absolute atomic E-state index is 13.0. The van der Waals surface area contributed by atoms with Crippen molar-refractivity contribution >= 4 is 29.0 Å². The molecule has 188 valence electrons. The number of alkyl halides is 2. The van der Waals surface area contributed by atoms with Gasteiger partial charge in [-0.15, -0.1) is 0 Å². The standard InChI is InChI=1S/C29H28Cl2O5/c30-29(31)27(32)24-26(35-18-22-14-8-3-9-15-22)25(34-17-21-12-6-2-7-13-21)23(36-28(24)29)19-33-16-20-10-4-1-5-11-20/h1-15,23-26,28H,16-19H2/t23-,24+,25-,26-,28+/m1/s1. The molecule has 0 unspecified atom stereocenters. The first-order valence-electron chi connectivity index (χ1n) is 12.0. The first-order chi connectivity index (χ1) is 17.5. The Morgan fingerprint density at radius 2 is 1.17 bits per heavy atom. The molecule has 1 saturated heterocycles. The molecular weight excluding hydrogens is 499 g/mol. The molecule has 0 spiro atoms. The lowest BCUT2D eigenvalue weighted by Gasteiger charge is -2.55. The number of Topliss-reactive ketones (excluding diaryl/α,β-unsaturated/α-hetero) is 1. The van der Waals surface area contributed by atoms with Crippen LogP contribution in [-0.4, -0.2) is 41.1 Å². The van der Waals surface area contributed by atoms with Gasteiger partial charge in [0.2, 0.25) is 4.33 Å². The van der Waals surface area contributed by atoms with Crippen LogP contribution in [0.4, 0.5) is 0 Å². The van der Waals surface area contributed by atoms with Crippen molar-refractivity contribution < 1.29 is 23.7 Å². The molecule has 1 heterocycles. The highest BCUT2D eigenvalue weighted by Gasteiger charge is 2.69. The van der Waals surface area contributed by atoms with Crippen molar-refractivity contribution in [3.8, 4) is 0 Å². The SMILES string of the molecule is O=C1[C@@H]2[C@@H](OCc3ccccc3)[C@H](OCc3ccccc3)[C@@H](COCc3ccccc3)O[C@@H]2C1(Cl)Cl. The molecule has 0 aromatic heterocycles. The highest BCUT2D eigenvalue weighted by molar-refractivity contribution is 6.61. The van der Waals surface area contributed by atoms with Crippen molar-refractivity contribution in [2.24, 2.45) is 5.92 Å². The minimum Gasteiger partial charge on any atom is -0.374 e. The van der Waals surface area contributed by atoms with Gasteiger partial charge in [0.25, 0.3) is 0 Å². The molecule has 5 atom stereocenters. The third-order valence-corrected chi connectivity index (χ3v) is 7.45. The summed E-state index contributed by atoms with van der Waals surface area (Å²) in [4.78, 5) is 13.0. The maximum Gasteiger partial charge on any atom is 0.202 e. The van der Waals surface area contributed by atoms with E-state index in [1.165, 1.54) is 0 Å². The number of rotatable bonds is 10. The number of hydrogen-bond acceptors (Lipinski definition) is 5. The zero-order valence-corrected chi connectivity index (χ0v) is 21.2. The largest absolute Gasteiger partial charge is 0.374 e. The summed E-state index contributed by atoms with van der Waals surface area (Å²) in [7, 11) is 0. The molecule has 0 bridgehead atoms. The average Bonchev–Trinajstić information content (AvgIpc) is 2.92. The van der Waals surface area contributed by atoms with Gasteiger partial charge in [0.1, 0.15) is 18.3 Å². The van der Waals surface area contributed by atoms with E-state index in [0.717, 1.165) is 16.7 Å². The number of hydrogen-bond donors (Lipinski definition) is 0. The van der Waals surface area contributed by atoms with E-state index in [1.54, 1.807) is 0 Å². The average molecular weight is 527 g/mol. The molecule has 5 rings (SSSR count). The van der Waals surface area contributed by atoms with E-state index in [2.05, 4.69) is 0 Å². The zero-order chi connectivity index (χ0) is 25.0. The van der Waals surface area contributed by atoms with Crippen LogP contribution in [0.25, 0.3) is 0 Å². The lowest BCUT2D eigenvalue weighted by atomic mass is 9.71. The predicted octanol–water partition coefficient (Wildman–Crippen LogP) is 5.51. The van der Waals surface area contributed by atoms with Crippen LogP contribution < -0.4 is 0 Å². The van der Waals surface area contributed by atoms with Gasteiger partial charge >= 0.3 is 0 Å². The summed E-state index contributed by atoms with van der Waals surface area (Å²) >= 11 is 12.8. The van der Waals surface area contributed by atoms with E-state index < -0.39 is 34.7 Å². The van der Waals surface area contributed by atoms with Gasteiger partial charge in [-0.05, 0) is 16.7 Å². The molecular formula is C29H28Cl2O5. The minimum absolute atomic E-state index is 0.237. The number of ether oxygens (including phenoxy) is 4. The van der Waals surface area contributed by atoms with E-state index in [-0.39, 0.29) is 12.4 Å². The number of ketones is 1. The van der Waals surface area contributed by atoms with Gasteiger partial charge < -0.3 is 18.9 Å². The van der Waals surface area contributed by atoms with Crippen molar-refractivity contribution in [3.05, 3.63) is 108 Å². The van der Waals surface area contributed by atoms with Crippen LogP contribution in [0, 0.1) is 5.92 Å². The third kappa shape index (κ3) is 5.52. The topological polar surface area (TPSA) is 54.0 Å². The van der Waals surface area contributed by atoms with Gasteiger partial charge in [-0.2, -0.15) is 0 Å². The molecule has 2 fully saturated rings. The predicted molar refractivity (Wildman–Crippen MR) is 138 cm³/mol. The van der Waals surface area contributed by atoms with Crippen LogP contribution in [0.1, 0.15) is 16.7 Å². The highest BCUT2D eigenvalue weighted by atomic mass is 35.5. The van der Waals surface area contributed by atoms with Crippen LogP contribution in [0.2, 0.25) is 0 Å².